The van der Waals surface area contributed by atoms with E-state index in [4.69, 9.17) is 9.47 Å². The summed E-state index contributed by atoms with van der Waals surface area (Å²) in [6.45, 7) is 3.40. The van der Waals surface area contributed by atoms with Crippen molar-refractivity contribution in [3.8, 4) is 0 Å². The minimum absolute atomic E-state index is 0.435. The van der Waals surface area contributed by atoms with E-state index in [0.717, 1.165) is 0 Å². The minimum atomic E-state index is -0.541. The summed E-state index contributed by atoms with van der Waals surface area (Å²) in [4.78, 5) is 23.9. The average Bonchev–Trinajstić information content (AvgIpc) is 2.56. The molecule has 0 spiro atoms. The van der Waals surface area contributed by atoms with Crippen molar-refractivity contribution in [3.63, 3.8) is 0 Å². The van der Waals surface area contributed by atoms with Gasteiger partial charge in [-0.05, 0) is 38.1 Å². The molecule has 2 atom stereocenters. The fourth-order valence-corrected chi connectivity index (χ4v) is 1.81. The normalized spacial score (nSPS) is 13.0. The molecule has 0 heterocycles. The third-order valence-corrected chi connectivity index (χ3v) is 3.27. The second-order valence-electron chi connectivity index (χ2n) is 4.95. The van der Waals surface area contributed by atoms with Crippen LogP contribution in [0.15, 0.2) is 60.7 Å². The monoisotopic (exact) mass is 298 g/mol. The molecule has 0 saturated heterocycles. The highest BCUT2D eigenvalue weighted by molar-refractivity contribution is 5.90. The lowest BCUT2D eigenvalue weighted by molar-refractivity contribution is -0.0239. The first kappa shape index (κ1) is 15.8. The lowest BCUT2D eigenvalue weighted by Crippen LogP contribution is -2.30. The van der Waals surface area contributed by atoms with Gasteiger partial charge in [-0.15, -0.1) is 0 Å². The van der Waals surface area contributed by atoms with E-state index in [1.165, 1.54) is 0 Å². The number of hydrogen-bond donors (Lipinski definition) is 0. The van der Waals surface area contributed by atoms with Crippen molar-refractivity contribution in [1.29, 1.82) is 0 Å². The molecular weight excluding hydrogens is 280 g/mol. The SMILES string of the molecule is CC(OC(=O)c1ccccc1)C(C)OC(=O)c1ccccc1. The van der Waals surface area contributed by atoms with Crippen LogP contribution in [-0.2, 0) is 9.47 Å². The summed E-state index contributed by atoms with van der Waals surface area (Å²) >= 11 is 0. The van der Waals surface area contributed by atoms with E-state index in [1.807, 2.05) is 12.1 Å². The molecule has 2 unspecified atom stereocenters. The number of esters is 2. The van der Waals surface area contributed by atoms with Crippen LogP contribution >= 0.6 is 0 Å². The van der Waals surface area contributed by atoms with E-state index in [9.17, 15) is 9.59 Å². The van der Waals surface area contributed by atoms with Gasteiger partial charge < -0.3 is 9.47 Å². The van der Waals surface area contributed by atoms with Gasteiger partial charge in [-0.1, -0.05) is 36.4 Å². The Kier molecular flexibility index (Phi) is 5.31. The van der Waals surface area contributed by atoms with Crippen LogP contribution in [0.25, 0.3) is 0 Å². The summed E-state index contributed by atoms with van der Waals surface area (Å²) in [5, 5.41) is 0. The third kappa shape index (κ3) is 4.19. The van der Waals surface area contributed by atoms with Gasteiger partial charge >= 0.3 is 11.9 Å². The van der Waals surface area contributed by atoms with Gasteiger partial charge in [0.1, 0.15) is 12.2 Å². The van der Waals surface area contributed by atoms with E-state index < -0.39 is 24.1 Å². The highest BCUT2D eigenvalue weighted by Gasteiger charge is 2.21. The van der Waals surface area contributed by atoms with E-state index in [2.05, 4.69) is 0 Å². The summed E-state index contributed by atoms with van der Waals surface area (Å²) in [6, 6.07) is 17.4. The number of carbonyl (C=O) groups is 2. The molecule has 0 aliphatic carbocycles. The van der Waals surface area contributed by atoms with Crippen LogP contribution < -0.4 is 0 Å². The molecule has 2 aromatic carbocycles. The quantitative estimate of drug-likeness (QED) is 0.793. The summed E-state index contributed by atoms with van der Waals surface area (Å²) < 4.78 is 10.6. The Morgan fingerprint density at radius 2 is 1.00 bits per heavy atom. The Balaban J connectivity index is 1.91. The molecule has 0 fully saturated rings. The van der Waals surface area contributed by atoms with Crippen molar-refractivity contribution < 1.29 is 19.1 Å². The minimum Gasteiger partial charge on any atom is -0.455 e. The number of carbonyl (C=O) groups excluding carboxylic acids is 2. The number of hydrogen-bond acceptors (Lipinski definition) is 4. The van der Waals surface area contributed by atoms with Crippen molar-refractivity contribution in [1.82, 2.24) is 0 Å². The highest BCUT2D eigenvalue weighted by atomic mass is 16.6. The third-order valence-electron chi connectivity index (χ3n) is 3.27. The van der Waals surface area contributed by atoms with Gasteiger partial charge in [0.15, 0.2) is 0 Å². The Morgan fingerprint density at radius 3 is 1.32 bits per heavy atom. The van der Waals surface area contributed by atoms with E-state index in [-0.39, 0.29) is 0 Å². The Hall–Kier alpha value is -2.62. The molecule has 22 heavy (non-hydrogen) atoms. The fraction of sp³-hybridized carbons (Fsp3) is 0.222. The van der Waals surface area contributed by atoms with Crippen LogP contribution in [0.3, 0.4) is 0 Å². The predicted molar refractivity (Wildman–Crippen MR) is 82.6 cm³/mol. The maximum atomic E-state index is 12.0. The molecule has 0 aliphatic rings. The first-order chi connectivity index (χ1) is 10.6. The lowest BCUT2D eigenvalue weighted by Gasteiger charge is -2.20. The topological polar surface area (TPSA) is 52.6 Å². The zero-order valence-corrected chi connectivity index (χ0v) is 12.6. The van der Waals surface area contributed by atoms with Crippen LogP contribution in [0.2, 0.25) is 0 Å². The molecule has 0 radical (unpaired) electrons. The molecule has 0 saturated carbocycles. The molecule has 0 aliphatic heterocycles. The zero-order valence-electron chi connectivity index (χ0n) is 12.6. The number of ether oxygens (including phenoxy) is 2. The van der Waals surface area contributed by atoms with Crippen molar-refractivity contribution in [3.05, 3.63) is 71.8 Å². The van der Waals surface area contributed by atoms with Crippen molar-refractivity contribution in [2.24, 2.45) is 0 Å². The fourth-order valence-electron chi connectivity index (χ4n) is 1.81. The second-order valence-corrected chi connectivity index (χ2v) is 4.95. The van der Waals surface area contributed by atoms with Crippen molar-refractivity contribution in [2.75, 3.05) is 0 Å². The molecule has 2 aromatic rings. The van der Waals surface area contributed by atoms with Gasteiger partial charge in [0.25, 0.3) is 0 Å². The van der Waals surface area contributed by atoms with Crippen molar-refractivity contribution >= 4 is 11.9 Å². The molecular formula is C18H18O4. The van der Waals surface area contributed by atoms with Crippen LogP contribution in [-0.4, -0.2) is 24.1 Å². The molecule has 4 heteroatoms. The van der Waals surface area contributed by atoms with Crippen LogP contribution in [0.5, 0.6) is 0 Å². The van der Waals surface area contributed by atoms with E-state index in [1.54, 1.807) is 62.4 Å². The van der Waals surface area contributed by atoms with E-state index in [0.29, 0.717) is 11.1 Å². The maximum absolute atomic E-state index is 12.0. The second kappa shape index (κ2) is 7.41. The van der Waals surface area contributed by atoms with Gasteiger partial charge in [0, 0.05) is 0 Å². The molecule has 0 N–H and O–H groups in total. The molecule has 2 rings (SSSR count). The van der Waals surface area contributed by atoms with Gasteiger partial charge in [0.05, 0.1) is 11.1 Å². The van der Waals surface area contributed by atoms with Crippen LogP contribution in [0, 0.1) is 0 Å². The smallest absolute Gasteiger partial charge is 0.338 e. The molecule has 114 valence electrons. The summed E-state index contributed by atoms with van der Waals surface area (Å²) in [6.07, 6.45) is -1.08. The summed E-state index contributed by atoms with van der Waals surface area (Å²) in [5.74, 6) is -0.869. The molecule has 4 nitrogen and oxygen atoms in total. The maximum Gasteiger partial charge on any atom is 0.338 e. The van der Waals surface area contributed by atoms with Crippen molar-refractivity contribution in [2.45, 2.75) is 26.1 Å². The van der Waals surface area contributed by atoms with Gasteiger partial charge in [0.2, 0.25) is 0 Å². The van der Waals surface area contributed by atoms with Gasteiger partial charge in [-0.3, -0.25) is 0 Å². The number of rotatable bonds is 5. The summed E-state index contributed by atoms with van der Waals surface area (Å²) in [7, 11) is 0. The number of benzene rings is 2. The average molecular weight is 298 g/mol. The largest absolute Gasteiger partial charge is 0.455 e. The van der Waals surface area contributed by atoms with Gasteiger partial charge in [-0.25, -0.2) is 9.59 Å². The Morgan fingerprint density at radius 1 is 0.682 bits per heavy atom. The first-order valence-corrected chi connectivity index (χ1v) is 7.10. The first-order valence-electron chi connectivity index (χ1n) is 7.10. The van der Waals surface area contributed by atoms with Crippen LogP contribution in [0.4, 0.5) is 0 Å². The summed E-state index contributed by atoms with van der Waals surface area (Å²) in [5.41, 5.74) is 0.937. The Bertz CT molecular complexity index is 565. The lowest BCUT2D eigenvalue weighted by atomic mass is 10.2. The molecule has 0 aromatic heterocycles. The van der Waals surface area contributed by atoms with Gasteiger partial charge in [-0.2, -0.15) is 0 Å². The molecule has 0 amide bonds. The highest BCUT2D eigenvalue weighted by Crippen LogP contribution is 2.11. The molecule has 0 bridgehead atoms. The zero-order chi connectivity index (χ0) is 15.9. The van der Waals surface area contributed by atoms with Crippen LogP contribution in [0.1, 0.15) is 34.6 Å². The predicted octanol–water partition coefficient (Wildman–Crippen LogP) is 3.48. The van der Waals surface area contributed by atoms with E-state index >= 15 is 0 Å². The standard InChI is InChI=1S/C18H18O4/c1-13(21-17(19)15-9-5-3-6-10-15)14(2)22-18(20)16-11-7-4-8-12-16/h3-14H,1-2H3. The Labute approximate surface area is 129 Å².